The summed E-state index contributed by atoms with van der Waals surface area (Å²) < 4.78 is 0. The lowest BCUT2D eigenvalue weighted by atomic mass is 9.83. The Kier molecular flexibility index (Phi) is 2.28. The van der Waals surface area contributed by atoms with Gasteiger partial charge in [-0.1, -0.05) is 45.0 Å². The quantitative estimate of drug-likeness (QED) is 0.570. The molecule has 0 spiro atoms. The first-order valence-corrected chi connectivity index (χ1v) is 6.48. The average molecular weight is 237 g/mol. The first kappa shape index (κ1) is 11.3. The molecule has 92 valence electrons. The van der Waals surface area contributed by atoms with Crippen molar-refractivity contribution in [2.75, 3.05) is 0 Å². The van der Waals surface area contributed by atoms with Crippen LogP contribution in [0, 0.1) is 6.92 Å². The molecule has 0 aliphatic heterocycles. The highest BCUT2D eigenvalue weighted by Gasteiger charge is 2.19. The van der Waals surface area contributed by atoms with Crippen LogP contribution in [0.1, 0.15) is 31.9 Å². The van der Waals surface area contributed by atoms with E-state index in [0.717, 1.165) is 0 Å². The Bertz CT molecular complexity index is 726. The highest BCUT2D eigenvalue weighted by Crippen LogP contribution is 2.35. The van der Waals surface area contributed by atoms with Crippen LogP contribution in [0.4, 0.5) is 0 Å². The third kappa shape index (κ3) is 1.62. The third-order valence-electron chi connectivity index (χ3n) is 3.56. The molecule has 1 N–H and O–H groups in total. The zero-order valence-corrected chi connectivity index (χ0v) is 11.5. The van der Waals surface area contributed by atoms with Gasteiger partial charge in [0.05, 0.1) is 0 Å². The fraction of sp³-hybridized carbons (Fsp3) is 0.294. The predicted octanol–water partition coefficient (Wildman–Crippen LogP) is 4.93. The van der Waals surface area contributed by atoms with E-state index in [1.54, 1.807) is 0 Å². The minimum Gasteiger partial charge on any atom is -0.354 e. The van der Waals surface area contributed by atoms with Gasteiger partial charge in [-0.15, -0.1) is 0 Å². The molecule has 0 unspecified atom stereocenters. The number of benzene rings is 2. The summed E-state index contributed by atoms with van der Waals surface area (Å²) in [6, 6.07) is 13.1. The lowest BCUT2D eigenvalue weighted by Gasteiger charge is -2.21. The van der Waals surface area contributed by atoms with Crippen molar-refractivity contribution >= 4 is 21.8 Å². The number of hydrogen-bond donors (Lipinski definition) is 1. The average Bonchev–Trinajstić information content (AvgIpc) is 2.64. The molecule has 3 aromatic rings. The molecule has 0 saturated carbocycles. The van der Waals surface area contributed by atoms with Crippen molar-refractivity contribution in [1.29, 1.82) is 0 Å². The number of para-hydroxylation sites is 1. The number of nitrogens with one attached hydrogen (secondary N) is 1. The topological polar surface area (TPSA) is 15.8 Å². The number of fused-ring (bicyclic) bond motifs is 3. The predicted molar refractivity (Wildman–Crippen MR) is 79.2 cm³/mol. The standard InChI is InChI=1S/C17H19N/c1-11-9-13(17(2,3)4)16-12-7-5-6-8-14(12)18-15(16)10-11/h5-10,18H,1-4H3. The summed E-state index contributed by atoms with van der Waals surface area (Å²) in [6.45, 7) is 9.01. The maximum absolute atomic E-state index is 3.53. The normalized spacial score (nSPS) is 12.4. The summed E-state index contributed by atoms with van der Waals surface area (Å²) in [5, 5.41) is 2.71. The van der Waals surface area contributed by atoms with Crippen molar-refractivity contribution in [1.82, 2.24) is 4.98 Å². The lowest BCUT2D eigenvalue weighted by molar-refractivity contribution is 0.596. The van der Waals surface area contributed by atoms with E-state index in [2.05, 4.69) is 69.1 Å². The van der Waals surface area contributed by atoms with E-state index in [9.17, 15) is 0 Å². The Morgan fingerprint density at radius 1 is 0.944 bits per heavy atom. The number of aromatic amines is 1. The third-order valence-corrected chi connectivity index (χ3v) is 3.56. The van der Waals surface area contributed by atoms with Crippen molar-refractivity contribution in [3.63, 3.8) is 0 Å². The highest BCUT2D eigenvalue weighted by molar-refractivity contribution is 6.09. The summed E-state index contributed by atoms with van der Waals surface area (Å²) in [5.74, 6) is 0. The Hall–Kier alpha value is -1.76. The van der Waals surface area contributed by atoms with Crippen LogP contribution >= 0.6 is 0 Å². The minimum atomic E-state index is 0.162. The van der Waals surface area contributed by atoms with Gasteiger partial charge in [0.25, 0.3) is 0 Å². The van der Waals surface area contributed by atoms with E-state index in [-0.39, 0.29) is 5.41 Å². The summed E-state index contributed by atoms with van der Waals surface area (Å²) in [4.78, 5) is 3.53. The Morgan fingerprint density at radius 2 is 1.67 bits per heavy atom. The maximum atomic E-state index is 3.53. The molecule has 0 fully saturated rings. The second kappa shape index (κ2) is 3.61. The van der Waals surface area contributed by atoms with Gasteiger partial charge in [-0.05, 0) is 35.6 Å². The van der Waals surface area contributed by atoms with E-state index in [4.69, 9.17) is 0 Å². The fourth-order valence-corrected chi connectivity index (χ4v) is 2.72. The van der Waals surface area contributed by atoms with Crippen molar-refractivity contribution in [3.8, 4) is 0 Å². The highest BCUT2D eigenvalue weighted by atomic mass is 14.7. The van der Waals surface area contributed by atoms with Crippen molar-refractivity contribution in [2.24, 2.45) is 0 Å². The summed E-state index contributed by atoms with van der Waals surface area (Å²) in [7, 11) is 0. The second-order valence-corrected chi connectivity index (χ2v) is 6.16. The zero-order chi connectivity index (χ0) is 12.9. The van der Waals surface area contributed by atoms with Gasteiger partial charge in [0.15, 0.2) is 0 Å². The Labute approximate surface area is 108 Å². The van der Waals surface area contributed by atoms with E-state index in [1.807, 2.05) is 0 Å². The summed E-state index contributed by atoms with van der Waals surface area (Å²) in [5.41, 5.74) is 5.38. The monoisotopic (exact) mass is 237 g/mol. The molecule has 0 aliphatic carbocycles. The first-order chi connectivity index (χ1) is 8.47. The molecule has 1 aromatic heterocycles. The summed E-state index contributed by atoms with van der Waals surface area (Å²) in [6.07, 6.45) is 0. The van der Waals surface area contributed by atoms with Crippen molar-refractivity contribution in [2.45, 2.75) is 33.1 Å². The molecule has 0 saturated heterocycles. The van der Waals surface area contributed by atoms with E-state index < -0.39 is 0 Å². The van der Waals surface area contributed by atoms with Crippen LogP contribution in [-0.4, -0.2) is 4.98 Å². The number of rotatable bonds is 0. The van der Waals surface area contributed by atoms with Gasteiger partial charge < -0.3 is 4.98 Å². The fourth-order valence-electron chi connectivity index (χ4n) is 2.72. The Balaban J connectivity index is 2.54. The van der Waals surface area contributed by atoms with E-state index in [1.165, 1.54) is 32.9 Å². The first-order valence-electron chi connectivity index (χ1n) is 6.48. The van der Waals surface area contributed by atoms with E-state index >= 15 is 0 Å². The maximum Gasteiger partial charge on any atom is 0.0470 e. The van der Waals surface area contributed by atoms with Gasteiger partial charge in [0.1, 0.15) is 0 Å². The molecule has 2 aromatic carbocycles. The molecule has 1 nitrogen and oxygen atoms in total. The van der Waals surface area contributed by atoms with Crippen LogP contribution in [0.3, 0.4) is 0 Å². The molecule has 1 heteroatoms. The molecule has 1 heterocycles. The SMILES string of the molecule is Cc1cc(C(C)(C)C)c2c(c1)[nH]c1ccccc12. The van der Waals surface area contributed by atoms with Crippen LogP contribution in [0.15, 0.2) is 36.4 Å². The van der Waals surface area contributed by atoms with Gasteiger partial charge in [0, 0.05) is 21.8 Å². The molecule has 0 radical (unpaired) electrons. The lowest BCUT2D eigenvalue weighted by Crippen LogP contribution is -2.11. The molecule has 0 aliphatic rings. The number of H-pyrrole nitrogens is 1. The van der Waals surface area contributed by atoms with Crippen LogP contribution in [0.2, 0.25) is 0 Å². The Morgan fingerprint density at radius 3 is 2.39 bits per heavy atom. The van der Waals surface area contributed by atoms with Crippen LogP contribution in [0.25, 0.3) is 21.8 Å². The number of aromatic nitrogens is 1. The molecular weight excluding hydrogens is 218 g/mol. The summed E-state index contributed by atoms with van der Waals surface area (Å²) >= 11 is 0. The van der Waals surface area contributed by atoms with Gasteiger partial charge in [-0.25, -0.2) is 0 Å². The van der Waals surface area contributed by atoms with Crippen LogP contribution in [0.5, 0.6) is 0 Å². The van der Waals surface area contributed by atoms with Crippen LogP contribution in [-0.2, 0) is 5.41 Å². The minimum absolute atomic E-state index is 0.162. The largest absolute Gasteiger partial charge is 0.354 e. The smallest absolute Gasteiger partial charge is 0.0470 e. The van der Waals surface area contributed by atoms with Crippen molar-refractivity contribution < 1.29 is 0 Å². The van der Waals surface area contributed by atoms with Gasteiger partial charge >= 0.3 is 0 Å². The molecular formula is C17H19N. The number of aryl methyl sites for hydroxylation is 1. The van der Waals surface area contributed by atoms with E-state index in [0.29, 0.717) is 0 Å². The van der Waals surface area contributed by atoms with Gasteiger partial charge in [0.2, 0.25) is 0 Å². The van der Waals surface area contributed by atoms with Gasteiger partial charge in [-0.2, -0.15) is 0 Å². The van der Waals surface area contributed by atoms with Crippen molar-refractivity contribution in [3.05, 3.63) is 47.5 Å². The number of hydrogen-bond acceptors (Lipinski definition) is 0. The molecule has 0 atom stereocenters. The molecule has 3 rings (SSSR count). The second-order valence-electron chi connectivity index (χ2n) is 6.16. The van der Waals surface area contributed by atoms with Gasteiger partial charge in [-0.3, -0.25) is 0 Å². The zero-order valence-electron chi connectivity index (χ0n) is 11.5. The molecule has 0 bridgehead atoms. The molecule has 0 amide bonds. The molecule has 18 heavy (non-hydrogen) atoms. The van der Waals surface area contributed by atoms with Crippen LogP contribution < -0.4 is 0 Å².